The molecule has 6 heteroatoms. The quantitative estimate of drug-likeness (QED) is 0.657. The molecule has 0 bridgehead atoms. The predicted octanol–water partition coefficient (Wildman–Crippen LogP) is 0.858. The van der Waals surface area contributed by atoms with E-state index in [0.29, 0.717) is 25.7 Å². The number of amides is 1. The van der Waals surface area contributed by atoms with Gasteiger partial charge in [-0.25, -0.2) is 0 Å². The molecule has 1 aliphatic carbocycles. The van der Waals surface area contributed by atoms with Gasteiger partial charge in [-0.2, -0.15) is 0 Å². The molecule has 0 radical (unpaired) electrons. The second kappa shape index (κ2) is 9.72. The molecule has 1 aliphatic rings. The van der Waals surface area contributed by atoms with Gasteiger partial charge in [0, 0.05) is 26.2 Å². The highest BCUT2D eigenvalue weighted by Gasteiger charge is 2.17. The van der Waals surface area contributed by atoms with Gasteiger partial charge in [-0.3, -0.25) is 14.5 Å². The van der Waals surface area contributed by atoms with E-state index < -0.39 is 5.97 Å². The predicted molar refractivity (Wildman–Crippen MR) is 75.6 cm³/mol. The Labute approximate surface area is 120 Å². The van der Waals surface area contributed by atoms with Crippen molar-refractivity contribution in [3.63, 3.8) is 0 Å². The zero-order valence-electron chi connectivity index (χ0n) is 12.3. The molecule has 2 N–H and O–H groups in total. The molecule has 0 atom stereocenters. The van der Waals surface area contributed by atoms with E-state index in [-0.39, 0.29) is 18.9 Å². The number of ether oxygens (including phenoxy) is 1. The highest BCUT2D eigenvalue weighted by atomic mass is 16.5. The first kappa shape index (κ1) is 16.9. The Morgan fingerprint density at radius 1 is 1.25 bits per heavy atom. The van der Waals surface area contributed by atoms with Gasteiger partial charge in [0.1, 0.15) is 0 Å². The highest BCUT2D eigenvalue weighted by Crippen LogP contribution is 2.17. The fourth-order valence-corrected chi connectivity index (χ4v) is 2.47. The van der Waals surface area contributed by atoms with Crippen molar-refractivity contribution in [1.29, 1.82) is 0 Å². The number of nitrogens with one attached hydrogen (secondary N) is 1. The van der Waals surface area contributed by atoms with Crippen LogP contribution in [0.5, 0.6) is 0 Å². The van der Waals surface area contributed by atoms with Crippen molar-refractivity contribution in [2.75, 3.05) is 33.4 Å². The van der Waals surface area contributed by atoms with Gasteiger partial charge in [0.15, 0.2) is 0 Å². The fourth-order valence-electron chi connectivity index (χ4n) is 2.47. The number of nitrogens with zero attached hydrogens (tertiary/aromatic N) is 1. The first-order valence-electron chi connectivity index (χ1n) is 7.34. The van der Waals surface area contributed by atoms with E-state index in [1.54, 1.807) is 7.11 Å². The summed E-state index contributed by atoms with van der Waals surface area (Å²) in [5.74, 6) is -0.863. The molecule has 0 aromatic heterocycles. The molecule has 1 saturated carbocycles. The maximum atomic E-state index is 12.0. The van der Waals surface area contributed by atoms with Gasteiger partial charge >= 0.3 is 5.97 Å². The average Bonchev–Trinajstić information content (AvgIpc) is 2.42. The van der Waals surface area contributed by atoms with E-state index in [1.165, 1.54) is 19.3 Å². The largest absolute Gasteiger partial charge is 0.481 e. The summed E-state index contributed by atoms with van der Waals surface area (Å²) in [7, 11) is 1.59. The van der Waals surface area contributed by atoms with Crippen molar-refractivity contribution in [2.24, 2.45) is 0 Å². The Kier molecular flexibility index (Phi) is 8.22. The molecule has 0 spiro atoms. The SMILES string of the molecule is COCCN(CCC(=O)O)CC(=O)NC1CCCCC1. The normalized spacial score (nSPS) is 16.3. The van der Waals surface area contributed by atoms with Crippen LogP contribution in [0.2, 0.25) is 0 Å². The molecule has 20 heavy (non-hydrogen) atoms. The van der Waals surface area contributed by atoms with Crippen LogP contribution in [0.3, 0.4) is 0 Å². The molecule has 0 aliphatic heterocycles. The lowest BCUT2D eigenvalue weighted by Gasteiger charge is -2.25. The Hall–Kier alpha value is -1.14. The molecule has 0 aromatic carbocycles. The van der Waals surface area contributed by atoms with Crippen LogP contribution in [-0.2, 0) is 14.3 Å². The van der Waals surface area contributed by atoms with Crippen LogP contribution in [0.15, 0.2) is 0 Å². The van der Waals surface area contributed by atoms with Gasteiger partial charge in [0.05, 0.1) is 19.6 Å². The van der Waals surface area contributed by atoms with E-state index in [2.05, 4.69) is 5.32 Å². The first-order valence-corrected chi connectivity index (χ1v) is 7.34. The molecule has 0 aromatic rings. The molecule has 6 nitrogen and oxygen atoms in total. The molecule has 116 valence electrons. The summed E-state index contributed by atoms with van der Waals surface area (Å²) < 4.78 is 4.99. The zero-order valence-corrected chi connectivity index (χ0v) is 12.3. The third-order valence-corrected chi connectivity index (χ3v) is 3.59. The van der Waals surface area contributed by atoms with E-state index in [1.807, 2.05) is 4.90 Å². The van der Waals surface area contributed by atoms with Gasteiger partial charge in [0.25, 0.3) is 0 Å². The van der Waals surface area contributed by atoms with E-state index in [9.17, 15) is 9.59 Å². The molecular formula is C14H26N2O4. The summed E-state index contributed by atoms with van der Waals surface area (Å²) in [4.78, 5) is 24.4. The number of carbonyl (C=O) groups is 2. The second-order valence-corrected chi connectivity index (χ2v) is 5.32. The summed E-state index contributed by atoms with van der Waals surface area (Å²) in [5.41, 5.74) is 0. The summed E-state index contributed by atoms with van der Waals surface area (Å²) >= 11 is 0. The highest BCUT2D eigenvalue weighted by molar-refractivity contribution is 5.78. The first-order chi connectivity index (χ1) is 9.61. The van der Waals surface area contributed by atoms with Crippen molar-refractivity contribution in [2.45, 2.75) is 44.6 Å². The maximum absolute atomic E-state index is 12.0. The van der Waals surface area contributed by atoms with Gasteiger partial charge in [-0.15, -0.1) is 0 Å². The number of rotatable bonds is 9. The topological polar surface area (TPSA) is 78.9 Å². The molecule has 0 saturated heterocycles. The minimum atomic E-state index is -0.847. The molecule has 0 unspecified atom stereocenters. The van der Waals surface area contributed by atoms with Crippen molar-refractivity contribution in [1.82, 2.24) is 10.2 Å². The maximum Gasteiger partial charge on any atom is 0.304 e. The van der Waals surface area contributed by atoms with Crippen molar-refractivity contribution in [3.8, 4) is 0 Å². The van der Waals surface area contributed by atoms with Crippen LogP contribution in [0, 0.1) is 0 Å². The zero-order chi connectivity index (χ0) is 14.8. The monoisotopic (exact) mass is 286 g/mol. The lowest BCUT2D eigenvalue weighted by Crippen LogP contribution is -2.44. The van der Waals surface area contributed by atoms with Crippen LogP contribution in [-0.4, -0.2) is 61.3 Å². The molecule has 1 fully saturated rings. The fraction of sp³-hybridized carbons (Fsp3) is 0.857. The number of aliphatic carboxylic acids is 1. The number of carboxylic acids is 1. The van der Waals surface area contributed by atoms with Gasteiger partial charge in [0.2, 0.25) is 5.91 Å². The molecule has 1 rings (SSSR count). The van der Waals surface area contributed by atoms with Crippen LogP contribution >= 0.6 is 0 Å². The Bertz CT molecular complexity index is 304. The van der Waals surface area contributed by atoms with E-state index in [4.69, 9.17) is 9.84 Å². The second-order valence-electron chi connectivity index (χ2n) is 5.32. The summed E-state index contributed by atoms with van der Waals surface area (Å²) in [6.45, 7) is 1.68. The summed E-state index contributed by atoms with van der Waals surface area (Å²) in [6.07, 6.45) is 5.76. The van der Waals surface area contributed by atoms with Gasteiger partial charge < -0.3 is 15.2 Å². The minimum absolute atomic E-state index is 0.0154. The van der Waals surface area contributed by atoms with E-state index >= 15 is 0 Å². The number of carboxylic acid groups (broad SMARTS) is 1. The lowest BCUT2D eigenvalue weighted by molar-refractivity contribution is -0.137. The van der Waals surface area contributed by atoms with Crippen LogP contribution in [0.1, 0.15) is 38.5 Å². The number of methoxy groups -OCH3 is 1. The minimum Gasteiger partial charge on any atom is -0.481 e. The number of hydrogen-bond acceptors (Lipinski definition) is 4. The van der Waals surface area contributed by atoms with Crippen molar-refractivity contribution in [3.05, 3.63) is 0 Å². The standard InChI is InChI=1S/C14H26N2O4/c1-20-10-9-16(8-7-14(18)19)11-13(17)15-12-5-3-2-4-6-12/h12H,2-11H2,1H3,(H,15,17)(H,18,19). The average molecular weight is 286 g/mol. The Morgan fingerprint density at radius 2 is 1.95 bits per heavy atom. The smallest absolute Gasteiger partial charge is 0.304 e. The lowest BCUT2D eigenvalue weighted by atomic mass is 9.95. The van der Waals surface area contributed by atoms with Crippen LogP contribution in [0.25, 0.3) is 0 Å². The molecule has 0 heterocycles. The Morgan fingerprint density at radius 3 is 2.55 bits per heavy atom. The van der Waals surface area contributed by atoms with Crippen LogP contribution < -0.4 is 5.32 Å². The third-order valence-electron chi connectivity index (χ3n) is 3.59. The number of hydrogen-bond donors (Lipinski definition) is 2. The van der Waals surface area contributed by atoms with Crippen molar-refractivity contribution < 1.29 is 19.4 Å². The molecular weight excluding hydrogens is 260 g/mol. The Balaban J connectivity index is 2.32. The summed E-state index contributed by atoms with van der Waals surface area (Å²) in [6, 6.07) is 0.292. The molecule has 1 amide bonds. The van der Waals surface area contributed by atoms with Gasteiger partial charge in [-0.05, 0) is 12.8 Å². The van der Waals surface area contributed by atoms with Gasteiger partial charge in [-0.1, -0.05) is 19.3 Å². The van der Waals surface area contributed by atoms with E-state index in [0.717, 1.165) is 12.8 Å². The summed E-state index contributed by atoms with van der Waals surface area (Å²) in [5, 5.41) is 11.8. The van der Waals surface area contributed by atoms with Crippen molar-refractivity contribution >= 4 is 11.9 Å². The van der Waals surface area contributed by atoms with Crippen LogP contribution in [0.4, 0.5) is 0 Å². The number of carbonyl (C=O) groups excluding carboxylic acids is 1. The third kappa shape index (κ3) is 7.45.